The Morgan fingerprint density at radius 2 is 2.08 bits per heavy atom. The summed E-state index contributed by atoms with van der Waals surface area (Å²) in [4.78, 5) is 24.1. The van der Waals surface area contributed by atoms with E-state index in [2.05, 4.69) is 5.32 Å². The molecule has 1 aliphatic rings. The van der Waals surface area contributed by atoms with Gasteiger partial charge in [0, 0.05) is 17.9 Å². The van der Waals surface area contributed by atoms with Gasteiger partial charge in [0.15, 0.2) is 5.78 Å². The highest BCUT2D eigenvalue weighted by Crippen LogP contribution is 2.37. The molecule has 1 saturated carbocycles. The number of Topliss-reactive ketones (excluding diaryl/α,β-unsaturated/α-hetero) is 1. The van der Waals surface area contributed by atoms with Crippen LogP contribution in [0.3, 0.4) is 0 Å². The van der Waals surface area contributed by atoms with Gasteiger partial charge in [-0.3, -0.25) is 9.59 Å². The van der Waals surface area contributed by atoms with Gasteiger partial charge in [0.05, 0.1) is 6.61 Å². The summed E-state index contributed by atoms with van der Waals surface area (Å²) >= 11 is 6.35. The zero-order valence-electron chi connectivity index (χ0n) is 14.0. The van der Waals surface area contributed by atoms with Crippen LogP contribution in [0.5, 0.6) is 0 Å². The predicted molar refractivity (Wildman–Crippen MR) is 97.7 cm³/mol. The standard InChI is InChI=1S/C18H24ClNO3.ClH/c1-2-23-17(22)11-7-13-20-18(12-6-5-10-16(18)21)14-8-3-4-9-15(14)19;/h3-4,8-9,20H,2,5-7,10-13H2,1H3;1H. The molecule has 0 aromatic heterocycles. The van der Waals surface area contributed by atoms with E-state index in [1.807, 2.05) is 24.3 Å². The number of nitrogens with one attached hydrogen (secondary N) is 1. The van der Waals surface area contributed by atoms with Crippen LogP contribution in [0.4, 0.5) is 0 Å². The molecule has 1 aliphatic carbocycles. The molecule has 1 aromatic carbocycles. The second-order valence-corrected chi connectivity index (χ2v) is 6.26. The normalized spacial score (nSPS) is 20.3. The van der Waals surface area contributed by atoms with Gasteiger partial charge >= 0.3 is 5.97 Å². The summed E-state index contributed by atoms with van der Waals surface area (Å²) in [5.74, 6) is -0.0101. The number of carbonyl (C=O) groups is 2. The van der Waals surface area contributed by atoms with Gasteiger partial charge in [-0.15, -0.1) is 12.4 Å². The van der Waals surface area contributed by atoms with E-state index in [1.165, 1.54) is 0 Å². The Morgan fingerprint density at radius 3 is 2.75 bits per heavy atom. The number of benzene rings is 1. The van der Waals surface area contributed by atoms with Crippen LogP contribution in [0.1, 0.15) is 51.0 Å². The molecule has 1 fully saturated rings. The van der Waals surface area contributed by atoms with Crippen molar-refractivity contribution in [1.82, 2.24) is 5.32 Å². The molecule has 24 heavy (non-hydrogen) atoms. The van der Waals surface area contributed by atoms with Gasteiger partial charge < -0.3 is 10.1 Å². The maximum atomic E-state index is 12.7. The van der Waals surface area contributed by atoms with Crippen molar-refractivity contribution in [2.75, 3.05) is 13.2 Å². The number of rotatable bonds is 7. The summed E-state index contributed by atoms with van der Waals surface area (Å²) in [7, 11) is 0. The number of ketones is 1. The van der Waals surface area contributed by atoms with Crippen LogP contribution in [0.15, 0.2) is 24.3 Å². The third-order valence-corrected chi connectivity index (χ3v) is 4.63. The number of hydrogen-bond donors (Lipinski definition) is 1. The molecule has 1 atom stereocenters. The van der Waals surface area contributed by atoms with Gasteiger partial charge in [-0.05, 0) is 44.4 Å². The Bertz CT molecular complexity index is 565. The minimum atomic E-state index is -0.717. The van der Waals surface area contributed by atoms with Gasteiger partial charge in [0.1, 0.15) is 5.54 Å². The molecular weight excluding hydrogens is 349 g/mol. The highest BCUT2D eigenvalue weighted by atomic mass is 35.5. The number of ether oxygens (including phenoxy) is 1. The van der Waals surface area contributed by atoms with Crippen molar-refractivity contribution in [2.45, 2.75) is 51.0 Å². The average molecular weight is 374 g/mol. The molecule has 0 heterocycles. The Hall–Kier alpha value is -1.10. The first-order chi connectivity index (χ1) is 11.1. The summed E-state index contributed by atoms with van der Waals surface area (Å²) in [5, 5.41) is 4.01. The molecule has 4 nitrogen and oxygen atoms in total. The van der Waals surface area contributed by atoms with E-state index in [-0.39, 0.29) is 24.2 Å². The van der Waals surface area contributed by atoms with E-state index < -0.39 is 5.54 Å². The molecule has 1 aromatic rings. The van der Waals surface area contributed by atoms with Crippen LogP contribution in [0, 0.1) is 0 Å². The third kappa shape index (κ3) is 4.95. The van der Waals surface area contributed by atoms with E-state index >= 15 is 0 Å². The minimum absolute atomic E-state index is 0. The van der Waals surface area contributed by atoms with Crippen molar-refractivity contribution in [3.8, 4) is 0 Å². The quantitative estimate of drug-likeness (QED) is 0.578. The zero-order chi connectivity index (χ0) is 16.7. The smallest absolute Gasteiger partial charge is 0.305 e. The zero-order valence-corrected chi connectivity index (χ0v) is 15.5. The van der Waals surface area contributed by atoms with E-state index in [0.717, 1.165) is 24.8 Å². The fourth-order valence-corrected chi connectivity index (χ4v) is 3.47. The number of hydrogen-bond acceptors (Lipinski definition) is 4. The molecule has 2 rings (SSSR count). The van der Waals surface area contributed by atoms with E-state index in [4.69, 9.17) is 16.3 Å². The van der Waals surface area contributed by atoms with Crippen LogP contribution < -0.4 is 5.32 Å². The van der Waals surface area contributed by atoms with Gasteiger partial charge in [0.25, 0.3) is 0 Å². The van der Waals surface area contributed by atoms with Crippen LogP contribution in [-0.2, 0) is 19.9 Å². The first-order valence-corrected chi connectivity index (χ1v) is 8.67. The van der Waals surface area contributed by atoms with Gasteiger partial charge in [-0.1, -0.05) is 36.2 Å². The van der Waals surface area contributed by atoms with Crippen LogP contribution >= 0.6 is 24.0 Å². The van der Waals surface area contributed by atoms with Gasteiger partial charge in [-0.2, -0.15) is 0 Å². The average Bonchev–Trinajstić information content (AvgIpc) is 2.54. The summed E-state index contributed by atoms with van der Waals surface area (Å²) in [6.45, 7) is 2.77. The summed E-state index contributed by atoms with van der Waals surface area (Å²) in [5.41, 5.74) is 0.133. The minimum Gasteiger partial charge on any atom is -0.466 e. The molecule has 0 amide bonds. The summed E-state index contributed by atoms with van der Waals surface area (Å²) in [6.07, 6.45) is 4.22. The van der Waals surface area contributed by atoms with Gasteiger partial charge in [-0.25, -0.2) is 0 Å². The first-order valence-electron chi connectivity index (χ1n) is 8.29. The maximum absolute atomic E-state index is 12.7. The van der Waals surface area contributed by atoms with Crippen LogP contribution in [-0.4, -0.2) is 24.9 Å². The second-order valence-electron chi connectivity index (χ2n) is 5.85. The highest BCUT2D eigenvalue weighted by Gasteiger charge is 2.41. The molecule has 0 aliphatic heterocycles. The van der Waals surface area contributed by atoms with Crippen molar-refractivity contribution in [3.63, 3.8) is 0 Å². The second kappa shape index (κ2) is 10.0. The molecule has 1 unspecified atom stereocenters. The topological polar surface area (TPSA) is 55.4 Å². The number of esters is 1. The van der Waals surface area contributed by atoms with E-state index in [0.29, 0.717) is 37.4 Å². The number of halogens is 2. The molecule has 0 saturated heterocycles. The lowest BCUT2D eigenvalue weighted by atomic mass is 9.75. The maximum Gasteiger partial charge on any atom is 0.305 e. The molecule has 0 radical (unpaired) electrons. The van der Waals surface area contributed by atoms with Gasteiger partial charge in [0.2, 0.25) is 0 Å². The summed E-state index contributed by atoms with van der Waals surface area (Å²) < 4.78 is 4.93. The number of carbonyl (C=O) groups excluding carboxylic acids is 2. The Balaban J connectivity index is 0.00000288. The third-order valence-electron chi connectivity index (χ3n) is 4.31. The SMILES string of the molecule is CCOC(=O)CCCNC1(c2ccccc2Cl)CCCCC1=O.Cl. The Morgan fingerprint density at radius 1 is 1.33 bits per heavy atom. The molecular formula is C18H25Cl2NO3. The lowest BCUT2D eigenvalue weighted by molar-refractivity contribution is -0.143. The van der Waals surface area contributed by atoms with E-state index in [1.54, 1.807) is 6.92 Å². The molecule has 0 spiro atoms. The van der Waals surface area contributed by atoms with Crippen molar-refractivity contribution >= 4 is 35.8 Å². The van der Waals surface area contributed by atoms with Crippen LogP contribution in [0.25, 0.3) is 0 Å². The lowest BCUT2D eigenvalue weighted by Gasteiger charge is -2.38. The van der Waals surface area contributed by atoms with Crippen LogP contribution in [0.2, 0.25) is 5.02 Å². The fraction of sp³-hybridized carbons (Fsp3) is 0.556. The first kappa shape index (κ1) is 20.9. The molecule has 0 bridgehead atoms. The van der Waals surface area contributed by atoms with Crippen molar-refractivity contribution in [1.29, 1.82) is 0 Å². The fourth-order valence-electron chi connectivity index (χ4n) is 3.17. The molecule has 1 N–H and O–H groups in total. The highest BCUT2D eigenvalue weighted by molar-refractivity contribution is 6.31. The molecule has 134 valence electrons. The van der Waals surface area contributed by atoms with Crippen molar-refractivity contribution in [2.24, 2.45) is 0 Å². The van der Waals surface area contributed by atoms with Crippen molar-refractivity contribution < 1.29 is 14.3 Å². The predicted octanol–water partition coefficient (Wildman–Crippen LogP) is 4.03. The van der Waals surface area contributed by atoms with E-state index in [9.17, 15) is 9.59 Å². The largest absolute Gasteiger partial charge is 0.466 e. The lowest BCUT2D eigenvalue weighted by Crippen LogP contribution is -2.51. The monoisotopic (exact) mass is 373 g/mol. The summed E-state index contributed by atoms with van der Waals surface area (Å²) in [6, 6.07) is 7.52. The molecule has 6 heteroatoms. The Labute approximate surface area is 154 Å². The van der Waals surface area contributed by atoms with Crippen molar-refractivity contribution in [3.05, 3.63) is 34.9 Å². The Kier molecular flexibility index (Phi) is 8.74.